The number of nitrogens with one attached hydrogen (secondary N) is 1. The van der Waals surface area contributed by atoms with Crippen LogP contribution in [0.25, 0.3) is 0 Å². The lowest BCUT2D eigenvalue weighted by molar-refractivity contribution is 0.0921. The lowest BCUT2D eigenvalue weighted by atomic mass is 10.0. The van der Waals surface area contributed by atoms with Crippen LogP contribution in [-0.2, 0) is 0 Å². The predicted molar refractivity (Wildman–Crippen MR) is 82.0 cm³/mol. The molecule has 4 heteroatoms. The van der Waals surface area contributed by atoms with E-state index in [-0.39, 0.29) is 11.9 Å². The highest BCUT2D eigenvalue weighted by Crippen LogP contribution is 2.19. The number of carbonyl (C=O) groups excluding carboxylic acids is 1. The second-order valence-corrected chi connectivity index (χ2v) is 6.23. The Balaban J connectivity index is 1.89. The summed E-state index contributed by atoms with van der Waals surface area (Å²) >= 11 is 1.48. The minimum Gasteiger partial charge on any atom is -0.388 e. The molecule has 0 radical (unpaired) electrons. The largest absolute Gasteiger partial charge is 0.388 e. The van der Waals surface area contributed by atoms with Crippen LogP contribution in [0.15, 0.2) is 42.5 Å². The van der Waals surface area contributed by atoms with Gasteiger partial charge in [-0.1, -0.05) is 30.3 Å². The van der Waals surface area contributed by atoms with E-state index in [1.807, 2.05) is 56.3 Å². The SMILES string of the molecule is Cc1ccc(C(=O)N[C@@H](C)C[C@H](O)c2ccccc2)s1. The number of aliphatic hydroxyl groups excluding tert-OH is 1. The molecule has 0 fully saturated rings. The quantitative estimate of drug-likeness (QED) is 0.887. The molecule has 1 amide bonds. The number of amides is 1. The molecule has 1 aromatic heterocycles. The summed E-state index contributed by atoms with van der Waals surface area (Å²) in [4.78, 5) is 13.8. The van der Waals surface area contributed by atoms with Crippen LogP contribution >= 0.6 is 11.3 Å². The Kier molecular flexibility index (Phi) is 4.93. The second kappa shape index (κ2) is 6.68. The van der Waals surface area contributed by atoms with Gasteiger partial charge >= 0.3 is 0 Å². The van der Waals surface area contributed by atoms with E-state index < -0.39 is 6.10 Å². The average molecular weight is 289 g/mol. The van der Waals surface area contributed by atoms with Gasteiger partial charge in [-0.3, -0.25) is 4.79 Å². The molecule has 2 rings (SSSR count). The zero-order valence-electron chi connectivity index (χ0n) is 11.7. The highest BCUT2D eigenvalue weighted by atomic mass is 32.1. The molecule has 2 atom stereocenters. The van der Waals surface area contributed by atoms with Crippen molar-refractivity contribution in [2.75, 3.05) is 0 Å². The zero-order valence-corrected chi connectivity index (χ0v) is 12.5. The third-order valence-electron chi connectivity index (χ3n) is 3.10. The van der Waals surface area contributed by atoms with Crippen LogP contribution in [0.5, 0.6) is 0 Å². The highest BCUT2D eigenvalue weighted by molar-refractivity contribution is 7.13. The van der Waals surface area contributed by atoms with E-state index >= 15 is 0 Å². The van der Waals surface area contributed by atoms with Gasteiger partial charge in [-0.2, -0.15) is 0 Å². The molecule has 2 aromatic rings. The number of hydrogen-bond donors (Lipinski definition) is 2. The molecular weight excluding hydrogens is 270 g/mol. The first-order valence-corrected chi connectivity index (χ1v) is 7.48. The number of benzene rings is 1. The lowest BCUT2D eigenvalue weighted by Crippen LogP contribution is -2.33. The van der Waals surface area contributed by atoms with E-state index in [4.69, 9.17) is 0 Å². The van der Waals surface area contributed by atoms with Crippen LogP contribution in [0.3, 0.4) is 0 Å². The van der Waals surface area contributed by atoms with Gasteiger partial charge < -0.3 is 10.4 Å². The minimum absolute atomic E-state index is 0.0733. The van der Waals surface area contributed by atoms with Crippen LogP contribution in [0.1, 0.15) is 39.6 Å². The number of thiophene rings is 1. The van der Waals surface area contributed by atoms with Gasteiger partial charge in [-0.15, -0.1) is 11.3 Å². The van der Waals surface area contributed by atoms with Crippen LogP contribution in [0.4, 0.5) is 0 Å². The van der Waals surface area contributed by atoms with Gasteiger partial charge in [0.2, 0.25) is 0 Å². The Bertz CT molecular complexity index is 565. The van der Waals surface area contributed by atoms with Gasteiger partial charge in [0.15, 0.2) is 0 Å². The molecule has 3 nitrogen and oxygen atoms in total. The molecule has 0 aliphatic rings. The van der Waals surface area contributed by atoms with E-state index in [1.165, 1.54) is 11.3 Å². The standard InChI is InChI=1S/C16H19NO2S/c1-11(10-14(18)13-6-4-3-5-7-13)17-16(19)15-9-8-12(2)20-15/h3-9,11,14,18H,10H2,1-2H3,(H,17,19)/t11-,14-/m0/s1. The van der Waals surface area contributed by atoms with Gasteiger partial charge in [-0.05, 0) is 38.0 Å². The summed E-state index contributed by atoms with van der Waals surface area (Å²) < 4.78 is 0. The molecule has 1 aromatic carbocycles. The van der Waals surface area contributed by atoms with Gasteiger partial charge in [0.25, 0.3) is 5.91 Å². The summed E-state index contributed by atoms with van der Waals surface area (Å²) in [6.45, 7) is 3.88. The fourth-order valence-electron chi connectivity index (χ4n) is 2.06. The summed E-state index contributed by atoms with van der Waals surface area (Å²) in [5.74, 6) is -0.0733. The van der Waals surface area contributed by atoms with Crippen molar-refractivity contribution in [2.24, 2.45) is 0 Å². The van der Waals surface area contributed by atoms with Gasteiger partial charge in [0, 0.05) is 10.9 Å². The molecule has 0 unspecified atom stereocenters. The zero-order chi connectivity index (χ0) is 14.5. The van der Waals surface area contributed by atoms with Crippen LogP contribution < -0.4 is 5.32 Å². The Labute approximate surface area is 123 Å². The van der Waals surface area contributed by atoms with Crippen molar-refractivity contribution in [3.63, 3.8) is 0 Å². The summed E-state index contributed by atoms with van der Waals surface area (Å²) in [7, 11) is 0. The summed E-state index contributed by atoms with van der Waals surface area (Å²) in [5.41, 5.74) is 0.876. The van der Waals surface area contributed by atoms with Crippen LogP contribution in [0, 0.1) is 6.92 Å². The van der Waals surface area contributed by atoms with Crippen LogP contribution in [0.2, 0.25) is 0 Å². The normalized spacial score (nSPS) is 13.8. The number of carbonyl (C=O) groups is 1. The number of rotatable bonds is 5. The molecule has 106 valence electrons. The van der Waals surface area contributed by atoms with Crippen molar-refractivity contribution in [1.82, 2.24) is 5.32 Å². The third-order valence-corrected chi connectivity index (χ3v) is 4.10. The van der Waals surface area contributed by atoms with E-state index in [2.05, 4.69) is 5.32 Å². The van der Waals surface area contributed by atoms with Crippen molar-refractivity contribution in [2.45, 2.75) is 32.4 Å². The molecule has 20 heavy (non-hydrogen) atoms. The molecule has 0 saturated carbocycles. The number of hydrogen-bond acceptors (Lipinski definition) is 3. The Morgan fingerprint density at radius 2 is 1.95 bits per heavy atom. The summed E-state index contributed by atoms with van der Waals surface area (Å²) in [6.07, 6.45) is -0.0586. The summed E-state index contributed by atoms with van der Waals surface area (Å²) in [6, 6.07) is 13.2. The smallest absolute Gasteiger partial charge is 0.261 e. The Morgan fingerprint density at radius 1 is 1.25 bits per heavy atom. The lowest BCUT2D eigenvalue weighted by Gasteiger charge is -2.17. The average Bonchev–Trinajstić information content (AvgIpc) is 2.86. The van der Waals surface area contributed by atoms with Crippen LogP contribution in [-0.4, -0.2) is 17.1 Å². The van der Waals surface area contributed by atoms with Crippen molar-refractivity contribution in [3.8, 4) is 0 Å². The number of aryl methyl sites for hydroxylation is 1. The molecule has 2 N–H and O–H groups in total. The van der Waals surface area contributed by atoms with Crippen molar-refractivity contribution >= 4 is 17.2 Å². The Morgan fingerprint density at radius 3 is 2.55 bits per heavy atom. The molecular formula is C16H19NO2S. The van der Waals surface area contributed by atoms with E-state index in [0.717, 1.165) is 10.4 Å². The van der Waals surface area contributed by atoms with E-state index in [9.17, 15) is 9.90 Å². The van der Waals surface area contributed by atoms with Gasteiger partial charge in [-0.25, -0.2) is 0 Å². The maximum atomic E-state index is 12.0. The number of aliphatic hydroxyl groups is 1. The van der Waals surface area contributed by atoms with E-state index in [0.29, 0.717) is 11.3 Å². The molecule has 0 bridgehead atoms. The Hall–Kier alpha value is -1.65. The highest BCUT2D eigenvalue weighted by Gasteiger charge is 2.15. The maximum Gasteiger partial charge on any atom is 0.261 e. The molecule has 0 saturated heterocycles. The van der Waals surface area contributed by atoms with Gasteiger partial charge in [0.1, 0.15) is 0 Å². The maximum absolute atomic E-state index is 12.0. The fourth-order valence-corrected chi connectivity index (χ4v) is 2.83. The molecule has 0 spiro atoms. The van der Waals surface area contributed by atoms with Gasteiger partial charge in [0.05, 0.1) is 11.0 Å². The minimum atomic E-state index is -0.559. The molecule has 0 aliphatic carbocycles. The molecule has 0 aliphatic heterocycles. The van der Waals surface area contributed by atoms with Crippen molar-refractivity contribution in [3.05, 3.63) is 57.8 Å². The predicted octanol–water partition coefficient (Wildman–Crippen LogP) is 3.30. The fraction of sp³-hybridized carbons (Fsp3) is 0.312. The topological polar surface area (TPSA) is 49.3 Å². The van der Waals surface area contributed by atoms with Crippen molar-refractivity contribution in [1.29, 1.82) is 0 Å². The first-order valence-electron chi connectivity index (χ1n) is 6.66. The van der Waals surface area contributed by atoms with E-state index in [1.54, 1.807) is 0 Å². The molecule has 1 heterocycles. The second-order valence-electron chi connectivity index (χ2n) is 4.95. The first kappa shape index (κ1) is 14.8. The first-order chi connectivity index (χ1) is 9.56. The summed E-state index contributed by atoms with van der Waals surface area (Å²) in [5, 5.41) is 13.1. The van der Waals surface area contributed by atoms with Crippen molar-refractivity contribution < 1.29 is 9.90 Å². The third kappa shape index (κ3) is 3.92. The monoisotopic (exact) mass is 289 g/mol.